The number of nitrogens with zero attached hydrogens (tertiary/aromatic N) is 2. The number of urea groups is 1. The van der Waals surface area contributed by atoms with Crippen molar-refractivity contribution in [3.05, 3.63) is 16.9 Å². The minimum absolute atomic E-state index is 0.131. The molecule has 1 fully saturated rings. The van der Waals surface area contributed by atoms with Crippen LogP contribution in [0.2, 0.25) is 5.02 Å². The first-order valence-corrected chi connectivity index (χ1v) is 7.33. The van der Waals surface area contributed by atoms with Gasteiger partial charge in [-0.3, -0.25) is 4.68 Å². The Morgan fingerprint density at radius 1 is 1.47 bits per heavy atom. The van der Waals surface area contributed by atoms with E-state index in [1.54, 1.807) is 10.9 Å². The van der Waals surface area contributed by atoms with Gasteiger partial charge in [0.25, 0.3) is 0 Å². The number of rotatable bonds is 4. The number of hydrogen-bond donors (Lipinski definition) is 2. The summed E-state index contributed by atoms with van der Waals surface area (Å²) in [5.41, 5.74) is 0.710. The number of aromatic nitrogens is 2. The Hall–Kier alpha value is -1.23. The predicted molar refractivity (Wildman–Crippen MR) is 75.2 cm³/mol. The van der Waals surface area contributed by atoms with Gasteiger partial charge in [0.05, 0.1) is 11.6 Å². The molecule has 2 amide bonds. The average molecular weight is 285 g/mol. The third-order valence-corrected chi connectivity index (χ3v) is 3.78. The fourth-order valence-electron chi connectivity index (χ4n) is 2.37. The van der Waals surface area contributed by atoms with Crippen molar-refractivity contribution in [1.82, 2.24) is 20.4 Å². The van der Waals surface area contributed by atoms with Gasteiger partial charge < -0.3 is 10.6 Å². The standard InChI is InChI=1S/C13H21ClN4O/c1-2-18-9-11(14)12(17-18)8-15-13(19)16-10-6-4-3-5-7-10/h9-10H,2-8H2,1H3,(H2,15,16,19). The van der Waals surface area contributed by atoms with Crippen LogP contribution in [0.15, 0.2) is 6.20 Å². The summed E-state index contributed by atoms with van der Waals surface area (Å²) in [5.74, 6) is 0. The fourth-order valence-corrected chi connectivity index (χ4v) is 2.58. The summed E-state index contributed by atoms with van der Waals surface area (Å²) in [5, 5.41) is 10.7. The molecule has 2 rings (SSSR count). The van der Waals surface area contributed by atoms with Crippen molar-refractivity contribution in [2.45, 2.75) is 58.2 Å². The van der Waals surface area contributed by atoms with Gasteiger partial charge in [-0.15, -0.1) is 0 Å². The van der Waals surface area contributed by atoms with Crippen LogP contribution in [0.4, 0.5) is 4.79 Å². The minimum Gasteiger partial charge on any atom is -0.335 e. The molecule has 0 atom stereocenters. The second kappa shape index (κ2) is 6.80. The predicted octanol–water partition coefficient (Wildman–Crippen LogP) is 2.69. The summed E-state index contributed by atoms with van der Waals surface area (Å²) in [6.07, 6.45) is 7.63. The van der Waals surface area contributed by atoms with E-state index in [1.165, 1.54) is 19.3 Å². The lowest BCUT2D eigenvalue weighted by Gasteiger charge is -2.22. The second-order valence-corrected chi connectivity index (χ2v) is 5.35. The zero-order chi connectivity index (χ0) is 13.7. The highest BCUT2D eigenvalue weighted by atomic mass is 35.5. The van der Waals surface area contributed by atoms with Crippen molar-refractivity contribution in [3.63, 3.8) is 0 Å². The molecule has 2 N–H and O–H groups in total. The number of carbonyl (C=O) groups is 1. The van der Waals surface area contributed by atoms with E-state index in [9.17, 15) is 4.79 Å². The second-order valence-electron chi connectivity index (χ2n) is 4.94. The molecule has 6 heteroatoms. The van der Waals surface area contributed by atoms with Gasteiger partial charge in [-0.25, -0.2) is 4.79 Å². The normalized spacial score (nSPS) is 16.3. The molecule has 0 spiro atoms. The molecule has 5 nitrogen and oxygen atoms in total. The van der Waals surface area contributed by atoms with Crippen LogP contribution in [0, 0.1) is 0 Å². The molecule has 1 saturated carbocycles. The minimum atomic E-state index is -0.131. The molecule has 1 heterocycles. The quantitative estimate of drug-likeness (QED) is 0.893. The van der Waals surface area contributed by atoms with Crippen molar-refractivity contribution in [2.75, 3.05) is 0 Å². The third-order valence-electron chi connectivity index (χ3n) is 3.47. The van der Waals surface area contributed by atoms with Crippen molar-refractivity contribution < 1.29 is 4.79 Å². The smallest absolute Gasteiger partial charge is 0.315 e. The molecule has 0 unspecified atom stereocenters. The highest BCUT2D eigenvalue weighted by Crippen LogP contribution is 2.17. The number of hydrogen-bond acceptors (Lipinski definition) is 2. The lowest BCUT2D eigenvalue weighted by molar-refractivity contribution is 0.232. The lowest BCUT2D eigenvalue weighted by atomic mass is 9.96. The van der Waals surface area contributed by atoms with Crippen LogP contribution in [0.1, 0.15) is 44.7 Å². The van der Waals surface area contributed by atoms with Gasteiger partial charge in [-0.1, -0.05) is 30.9 Å². The van der Waals surface area contributed by atoms with Crippen molar-refractivity contribution in [2.24, 2.45) is 0 Å². The SMILES string of the molecule is CCn1cc(Cl)c(CNC(=O)NC2CCCCC2)n1. The summed E-state index contributed by atoms with van der Waals surface area (Å²) < 4.78 is 1.76. The van der Waals surface area contributed by atoms with Crippen LogP contribution >= 0.6 is 11.6 Å². The van der Waals surface area contributed by atoms with Crippen LogP contribution in [-0.2, 0) is 13.1 Å². The van der Waals surface area contributed by atoms with Crippen molar-refractivity contribution in [3.8, 4) is 0 Å². The molecule has 1 aromatic heterocycles. The van der Waals surface area contributed by atoms with Crippen LogP contribution in [-0.4, -0.2) is 21.9 Å². The first-order valence-electron chi connectivity index (χ1n) is 6.95. The Kier molecular flexibility index (Phi) is 5.07. The van der Waals surface area contributed by atoms with Gasteiger partial charge >= 0.3 is 6.03 Å². The zero-order valence-electron chi connectivity index (χ0n) is 11.3. The topological polar surface area (TPSA) is 59.0 Å². The Morgan fingerprint density at radius 2 is 2.21 bits per heavy atom. The first kappa shape index (κ1) is 14.2. The van der Waals surface area contributed by atoms with Gasteiger partial charge in [-0.2, -0.15) is 5.10 Å². The van der Waals surface area contributed by atoms with Crippen molar-refractivity contribution in [1.29, 1.82) is 0 Å². The summed E-state index contributed by atoms with van der Waals surface area (Å²) in [7, 11) is 0. The number of aryl methyl sites for hydroxylation is 1. The Balaban J connectivity index is 1.77. The largest absolute Gasteiger partial charge is 0.335 e. The molecule has 1 aromatic rings. The number of amides is 2. The van der Waals surface area contributed by atoms with E-state index in [1.807, 2.05) is 6.92 Å². The Morgan fingerprint density at radius 3 is 2.84 bits per heavy atom. The highest BCUT2D eigenvalue weighted by molar-refractivity contribution is 6.31. The van der Waals surface area contributed by atoms with Gasteiger partial charge in [-0.05, 0) is 19.8 Å². The van der Waals surface area contributed by atoms with E-state index >= 15 is 0 Å². The van der Waals surface area contributed by atoms with Gasteiger partial charge in [0.2, 0.25) is 0 Å². The maximum atomic E-state index is 11.8. The first-order chi connectivity index (χ1) is 9.19. The Bertz CT molecular complexity index is 426. The molecular weight excluding hydrogens is 264 g/mol. The fraction of sp³-hybridized carbons (Fsp3) is 0.692. The molecule has 0 aliphatic heterocycles. The van der Waals surface area contributed by atoms with E-state index < -0.39 is 0 Å². The Labute approximate surface area is 118 Å². The number of nitrogens with one attached hydrogen (secondary N) is 2. The highest BCUT2D eigenvalue weighted by Gasteiger charge is 2.15. The van der Waals surface area contributed by atoms with Crippen LogP contribution in [0.5, 0.6) is 0 Å². The molecule has 19 heavy (non-hydrogen) atoms. The van der Waals surface area contributed by atoms with E-state index in [-0.39, 0.29) is 6.03 Å². The molecule has 0 radical (unpaired) electrons. The summed E-state index contributed by atoms with van der Waals surface area (Å²) >= 11 is 6.04. The summed E-state index contributed by atoms with van der Waals surface area (Å²) in [6, 6.07) is 0.187. The molecule has 1 aliphatic rings. The molecular formula is C13H21ClN4O. The molecule has 0 aromatic carbocycles. The maximum absolute atomic E-state index is 11.8. The van der Waals surface area contributed by atoms with E-state index in [4.69, 9.17) is 11.6 Å². The van der Waals surface area contributed by atoms with Gasteiger partial charge in [0.15, 0.2) is 0 Å². The van der Waals surface area contributed by atoms with E-state index in [0.29, 0.717) is 23.3 Å². The van der Waals surface area contributed by atoms with Gasteiger partial charge in [0, 0.05) is 18.8 Å². The van der Waals surface area contributed by atoms with Crippen molar-refractivity contribution >= 4 is 17.6 Å². The molecule has 106 valence electrons. The summed E-state index contributed by atoms with van der Waals surface area (Å²) in [6.45, 7) is 3.13. The van der Waals surface area contributed by atoms with E-state index in [0.717, 1.165) is 19.4 Å². The van der Waals surface area contributed by atoms with Crippen LogP contribution in [0.3, 0.4) is 0 Å². The molecule has 0 bridgehead atoms. The van der Waals surface area contributed by atoms with Gasteiger partial charge in [0.1, 0.15) is 5.69 Å². The zero-order valence-corrected chi connectivity index (χ0v) is 12.0. The van der Waals surface area contributed by atoms with Crippen LogP contribution < -0.4 is 10.6 Å². The van der Waals surface area contributed by atoms with Crippen LogP contribution in [0.25, 0.3) is 0 Å². The summed E-state index contributed by atoms with van der Waals surface area (Å²) in [4.78, 5) is 11.8. The third kappa shape index (κ3) is 4.13. The number of halogens is 1. The average Bonchev–Trinajstić information content (AvgIpc) is 2.78. The molecule has 0 saturated heterocycles. The lowest BCUT2D eigenvalue weighted by Crippen LogP contribution is -2.42. The maximum Gasteiger partial charge on any atom is 0.315 e. The monoisotopic (exact) mass is 284 g/mol. The molecule has 1 aliphatic carbocycles. The van der Waals surface area contributed by atoms with E-state index in [2.05, 4.69) is 15.7 Å². The number of carbonyl (C=O) groups excluding carboxylic acids is 1.